The lowest BCUT2D eigenvalue weighted by Gasteiger charge is -2.34. The number of likely N-dealkylation sites (N-methyl/N-ethyl adjacent to an activating group) is 1. The molecule has 22 heavy (non-hydrogen) atoms. The van der Waals surface area contributed by atoms with Crippen molar-refractivity contribution in [3.63, 3.8) is 0 Å². The Morgan fingerprint density at radius 3 is 2.55 bits per heavy atom. The molecule has 0 amide bonds. The van der Waals surface area contributed by atoms with Gasteiger partial charge in [-0.05, 0) is 25.0 Å². The molecule has 0 aromatic heterocycles. The molecule has 1 saturated carbocycles. The number of sulfonamides is 1. The summed E-state index contributed by atoms with van der Waals surface area (Å²) in [6.07, 6.45) is 2.59. The molecule has 1 aliphatic heterocycles. The number of nitrogens with zero attached hydrogens (tertiary/aromatic N) is 1. The SMILES string of the molecule is CN(C1CCCCC1O)S(=O)(=O)c1ccc2c(c1)OCCO2. The molecule has 0 radical (unpaired) electrons. The first-order valence-electron chi connectivity index (χ1n) is 7.56. The summed E-state index contributed by atoms with van der Waals surface area (Å²) in [4.78, 5) is 0.164. The van der Waals surface area contributed by atoms with Crippen molar-refractivity contribution >= 4 is 10.0 Å². The fourth-order valence-electron chi connectivity index (χ4n) is 3.04. The fraction of sp³-hybridized carbons (Fsp3) is 0.600. The van der Waals surface area contributed by atoms with Gasteiger partial charge in [0.15, 0.2) is 11.5 Å². The van der Waals surface area contributed by atoms with Gasteiger partial charge in [0.1, 0.15) is 13.2 Å². The zero-order chi connectivity index (χ0) is 15.7. The second-order valence-electron chi connectivity index (χ2n) is 5.75. The van der Waals surface area contributed by atoms with Gasteiger partial charge in [-0.2, -0.15) is 4.31 Å². The molecule has 1 fully saturated rings. The predicted octanol–water partition coefficient (Wildman–Crippen LogP) is 1.38. The molecule has 1 aromatic carbocycles. The summed E-state index contributed by atoms with van der Waals surface area (Å²) in [6.45, 7) is 0.876. The first kappa shape index (κ1) is 15.6. The van der Waals surface area contributed by atoms with Crippen LogP contribution in [0.5, 0.6) is 11.5 Å². The van der Waals surface area contributed by atoms with Gasteiger partial charge in [0.05, 0.1) is 17.0 Å². The van der Waals surface area contributed by atoms with E-state index in [9.17, 15) is 13.5 Å². The molecule has 1 aliphatic carbocycles. The van der Waals surface area contributed by atoms with E-state index in [1.54, 1.807) is 6.07 Å². The van der Waals surface area contributed by atoms with Crippen LogP contribution in [-0.2, 0) is 10.0 Å². The Morgan fingerprint density at radius 2 is 1.82 bits per heavy atom. The quantitative estimate of drug-likeness (QED) is 0.908. The van der Waals surface area contributed by atoms with Crippen LogP contribution in [0.25, 0.3) is 0 Å². The molecular weight excluding hydrogens is 306 g/mol. The zero-order valence-electron chi connectivity index (χ0n) is 12.6. The van der Waals surface area contributed by atoms with Crippen LogP contribution in [0.4, 0.5) is 0 Å². The van der Waals surface area contributed by atoms with Gasteiger partial charge in [0.25, 0.3) is 0 Å². The molecule has 1 N–H and O–H groups in total. The maximum atomic E-state index is 12.8. The van der Waals surface area contributed by atoms with Crippen LogP contribution in [0.2, 0.25) is 0 Å². The molecule has 1 aromatic rings. The van der Waals surface area contributed by atoms with Crippen LogP contribution in [0, 0.1) is 0 Å². The largest absolute Gasteiger partial charge is 0.486 e. The lowest BCUT2D eigenvalue weighted by Crippen LogP contribution is -2.46. The van der Waals surface area contributed by atoms with Gasteiger partial charge >= 0.3 is 0 Å². The number of fused-ring (bicyclic) bond motifs is 1. The van der Waals surface area contributed by atoms with E-state index >= 15 is 0 Å². The number of aliphatic hydroxyl groups excluding tert-OH is 1. The highest BCUT2D eigenvalue weighted by atomic mass is 32.2. The Kier molecular flexibility index (Phi) is 4.29. The first-order chi connectivity index (χ1) is 10.5. The Balaban J connectivity index is 1.88. The average Bonchev–Trinajstić information content (AvgIpc) is 2.54. The molecule has 0 spiro atoms. The average molecular weight is 327 g/mol. The molecule has 2 atom stereocenters. The molecule has 2 unspecified atom stereocenters. The summed E-state index contributed by atoms with van der Waals surface area (Å²) in [7, 11) is -2.13. The Morgan fingerprint density at radius 1 is 1.14 bits per heavy atom. The molecule has 2 aliphatic rings. The van der Waals surface area contributed by atoms with Crippen molar-refractivity contribution in [1.82, 2.24) is 4.31 Å². The van der Waals surface area contributed by atoms with Gasteiger partial charge in [0.2, 0.25) is 10.0 Å². The molecule has 7 heteroatoms. The summed E-state index contributed by atoms with van der Waals surface area (Å²) >= 11 is 0. The van der Waals surface area contributed by atoms with Crippen LogP contribution in [-0.4, -0.2) is 50.2 Å². The molecule has 0 bridgehead atoms. The first-order valence-corrected chi connectivity index (χ1v) is 9.00. The van der Waals surface area contributed by atoms with E-state index in [0.29, 0.717) is 37.6 Å². The van der Waals surface area contributed by atoms with E-state index < -0.39 is 16.1 Å². The highest BCUT2D eigenvalue weighted by Gasteiger charge is 2.34. The zero-order valence-corrected chi connectivity index (χ0v) is 13.4. The predicted molar refractivity (Wildman–Crippen MR) is 80.6 cm³/mol. The monoisotopic (exact) mass is 327 g/mol. The lowest BCUT2D eigenvalue weighted by atomic mass is 9.93. The van der Waals surface area contributed by atoms with Crippen molar-refractivity contribution in [3.8, 4) is 11.5 Å². The number of rotatable bonds is 3. The smallest absolute Gasteiger partial charge is 0.243 e. The molecular formula is C15H21NO5S. The molecule has 3 rings (SSSR count). The normalized spacial score (nSPS) is 25.2. The van der Waals surface area contributed by atoms with Crippen LogP contribution < -0.4 is 9.47 Å². The maximum absolute atomic E-state index is 12.8. The minimum atomic E-state index is -3.67. The number of hydrogen-bond acceptors (Lipinski definition) is 5. The second-order valence-corrected chi connectivity index (χ2v) is 7.74. The third kappa shape index (κ3) is 2.80. The summed E-state index contributed by atoms with van der Waals surface area (Å²) in [5, 5.41) is 10.1. The molecule has 1 heterocycles. The standard InChI is InChI=1S/C15H21NO5S/c1-16(12-4-2-3-5-13(12)17)22(18,19)11-6-7-14-15(10-11)21-9-8-20-14/h6-7,10,12-13,17H,2-5,8-9H2,1H3. The van der Waals surface area contributed by atoms with E-state index in [0.717, 1.165) is 12.8 Å². The highest BCUT2D eigenvalue weighted by molar-refractivity contribution is 7.89. The van der Waals surface area contributed by atoms with Crippen molar-refractivity contribution in [2.75, 3.05) is 20.3 Å². The number of aliphatic hydroxyl groups is 1. The fourth-order valence-corrected chi connectivity index (χ4v) is 4.48. The number of hydrogen-bond donors (Lipinski definition) is 1. The van der Waals surface area contributed by atoms with E-state index in [-0.39, 0.29) is 10.9 Å². The minimum absolute atomic E-state index is 0.164. The number of benzene rings is 1. The van der Waals surface area contributed by atoms with Crippen LogP contribution >= 0.6 is 0 Å². The summed E-state index contributed by atoms with van der Waals surface area (Å²) in [5.41, 5.74) is 0. The van der Waals surface area contributed by atoms with E-state index in [2.05, 4.69) is 0 Å². The summed E-state index contributed by atoms with van der Waals surface area (Å²) in [5.74, 6) is 1.01. The number of ether oxygens (including phenoxy) is 2. The van der Waals surface area contributed by atoms with Gasteiger partial charge in [-0.3, -0.25) is 0 Å². The third-order valence-electron chi connectivity index (χ3n) is 4.35. The van der Waals surface area contributed by atoms with Crippen molar-refractivity contribution in [2.45, 2.75) is 42.7 Å². The topological polar surface area (TPSA) is 76.1 Å². The van der Waals surface area contributed by atoms with Crippen molar-refractivity contribution in [1.29, 1.82) is 0 Å². The third-order valence-corrected chi connectivity index (χ3v) is 6.23. The highest BCUT2D eigenvalue weighted by Crippen LogP contribution is 2.34. The van der Waals surface area contributed by atoms with E-state index in [4.69, 9.17) is 9.47 Å². The van der Waals surface area contributed by atoms with Crippen LogP contribution in [0.1, 0.15) is 25.7 Å². The second kappa shape index (κ2) is 6.06. The maximum Gasteiger partial charge on any atom is 0.243 e. The molecule has 6 nitrogen and oxygen atoms in total. The molecule has 0 saturated heterocycles. The summed E-state index contributed by atoms with van der Waals surface area (Å²) < 4.78 is 37.7. The Bertz CT molecular complexity index is 645. The van der Waals surface area contributed by atoms with Crippen molar-refractivity contribution < 1.29 is 23.0 Å². The van der Waals surface area contributed by atoms with Gasteiger partial charge in [0, 0.05) is 13.1 Å². The van der Waals surface area contributed by atoms with E-state index in [1.807, 2.05) is 0 Å². The van der Waals surface area contributed by atoms with Crippen LogP contribution in [0.3, 0.4) is 0 Å². The summed E-state index contributed by atoms with van der Waals surface area (Å²) in [6, 6.07) is 4.27. The van der Waals surface area contributed by atoms with E-state index in [1.165, 1.54) is 23.5 Å². The Labute approximate surface area is 130 Å². The van der Waals surface area contributed by atoms with Gasteiger partial charge in [-0.15, -0.1) is 0 Å². The van der Waals surface area contributed by atoms with Crippen molar-refractivity contribution in [2.24, 2.45) is 0 Å². The Hall–Kier alpha value is -1.31. The van der Waals surface area contributed by atoms with Crippen molar-refractivity contribution in [3.05, 3.63) is 18.2 Å². The molecule has 122 valence electrons. The minimum Gasteiger partial charge on any atom is -0.486 e. The van der Waals surface area contributed by atoms with Gasteiger partial charge in [-0.25, -0.2) is 8.42 Å². The van der Waals surface area contributed by atoms with Gasteiger partial charge < -0.3 is 14.6 Å². The van der Waals surface area contributed by atoms with Crippen LogP contribution in [0.15, 0.2) is 23.1 Å². The lowest BCUT2D eigenvalue weighted by molar-refractivity contribution is 0.0638. The van der Waals surface area contributed by atoms with Gasteiger partial charge in [-0.1, -0.05) is 12.8 Å².